The largest absolute Gasteiger partial charge is 0.466 e. The molecule has 1 aliphatic carbocycles. The molecule has 0 atom stereocenters. The van der Waals surface area contributed by atoms with Crippen LogP contribution in [0.3, 0.4) is 0 Å². The number of hydrogen-bond acceptors (Lipinski definition) is 1. The van der Waals surface area contributed by atoms with Gasteiger partial charge in [-0.05, 0) is 31.9 Å². The van der Waals surface area contributed by atoms with Crippen molar-refractivity contribution in [2.75, 3.05) is 0 Å². The van der Waals surface area contributed by atoms with Gasteiger partial charge in [0.1, 0.15) is 11.5 Å². The van der Waals surface area contributed by atoms with E-state index >= 15 is 0 Å². The summed E-state index contributed by atoms with van der Waals surface area (Å²) in [6.45, 7) is 1.99. The van der Waals surface area contributed by atoms with E-state index in [0.29, 0.717) is 0 Å². The summed E-state index contributed by atoms with van der Waals surface area (Å²) < 4.78 is 5.41. The maximum atomic E-state index is 5.41. The highest BCUT2D eigenvalue weighted by Crippen LogP contribution is 2.40. The SMILES string of the molecule is Cc1ccc(C2CC2)o1. The summed E-state index contributed by atoms with van der Waals surface area (Å²) in [6.07, 6.45) is 2.65. The third-order valence-corrected chi connectivity index (χ3v) is 1.74. The predicted octanol–water partition coefficient (Wildman–Crippen LogP) is 2.47. The molecule has 1 nitrogen and oxygen atoms in total. The van der Waals surface area contributed by atoms with Gasteiger partial charge in [-0.15, -0.1) is 0 Å². The number of hydrogen-bond donors (Lipinski definition) is 0. The molecule has 0 saturated heterocycles. The quantitative estimate of drug-likeness (QED) is 0.557. The van der Waals surface area contributed by atoms with Gasteiger partial charge in [-0.1, -0.05) is 0 Å². The molecule has 1 aromatic rings. The van der Waals surface area contributed by atoms with Crippen molar-refractivity contribution >= 4 is 0 Å². The monoisotopic (exact) mass is 122 g/mol. The molecule has 0 bridgehead atoms. The lowest BCUT2D eigenvalue weighted by atomic mass is 10.3. The van der Waals surface area contributed by atoms with Gasteiger partial charge in [0.15, 0.2) is 0 Å². The molecule has 1 aliphatic rings. The van der Waals surface area contributed by atoms with E-state index in [2.05, 4.69) is 6.07 Å². The first kappa shape index (κ1) is 5.10. The average Bonchev–Trinajstić information content (AvgIpc) is 2.58. The zero-order valence-electron chi connectivity index (χ0n) is 5.55. The summed E-state index contributed by atoms with van der Waals surface area (Å²) in [7, 11) is 0. The van der Waals surface area contributed by atoms with Crippen molar-refractivity contribution in [2.24, 2.45) is 0 Å². The van der Waals surface area contributed by atoms with Gasteiger partial charge >= 0.3 is 0 Å². The molecule has 0 aromatic carbocycles. The highest BCUT2D eigenvalue weighted by molar-refractivity contribution is 5.14. The second-order valence-electron chi connectivity index (χ2n) is 2.72. The van der Waals surface area contributed by atoms with Crippen LogP contribution >= 0.6 is 0 Å². The van der Waals surface area contributed by atoms with Gasteiger partial charge in [0.05, 0.1) is 0 Å². The molecule has 1 heteroatoms. The highest BCUT2D eigenvalue weighted by atomic mass is 16.3. The fraction of sp³-hybridized carbons (Fsp3) is 0.500. The van der Waals surface area contributed by atoms with E-state index in [0.717, 1.165) is 11.7 Å². The van der Waals surface area contributed by atoms with E-state index in [1.165, 1.54) is 18.6 Å². The molecule has 1 saturated carbocycles. The first-order valence-corrected chi connectivity index (χ1v) is 3.42. The molecule has 0 spiro atoms. The summed E-state index contributed by atoms with van der Waals surface area (Å²) in [5, 5.41) is 0. The van der Waals surface area contributed by atoms with E-state index in [1.807, 2.05) is 13.0 Å². The lowest BCUT2D eigenvalue weighted by Crippen LogP contribution is -1.67. The second-order valence-corrected chi connectivity index (χ2v) is 2.72. The van der Waals surface area contributed by atoms with Crippen LogP contribution in [-0.4, -0.2) is 0 Å². The van der Waals surface area contributed by atoms with Crippen molar-refractivity contribution in [1.82, 2.24) is 0 Å². The maximum Gasteiger partial charge on any atom is 0.107 e. The summed E-state index contributed by atoms with van der Waals surface area (Å²) in [4.78, 5) is 0. The highest BCUT2D eigenvalue weighted by Gasteiger charge is 2.26. The molecule has 0 unspecified atom stereocenters. The van der Waals surface area contributed by atoms with Gasteiger partial charge in [0.2, 0.25) is 0 Å². The van der Waals surface area contributed by atoms with Crippen LogP contribution in [0.5, 0.6) is 0 Å². The van der Waals surface area contributed by atoms with Gasteiger partial charge in [-0.25, -0.2) is 0 Å². The van der Waals surface area contributed by atoms with Crippen LogP contribution in [0.25, 0.3) is 0 Å². The van der Waals surface area contributed by atoms with Crippen LogP contribution in [0.2, 0.25) is 0 Å². The molecule has 0 aliphatic heterocycles. The maximum absolute atomic E-state index is 5.41. The predicted molar refractivity (Wildman–Crippen MR) is 35.4 cm³/mol. The molecule has 0 N–H and O–H groups in total. The smallest absolute Gasteiger partial charge is 0.107 e. The Morgan fingerprint density at radius 3 is 2.67 bits per heavy atom. The molecule has 0 amide bonds. The molecular formula is C8H10O. The van der Waals surface area contributed by atoms with Crippen LogP contribution in [0.15, 0.2) is 16.5 Å². The third-order valence-electron chi connectivity index (χ3n) is 1.74. The fourth-order valence-corrected chi connectivity index (χ4v) is 1.04. The molecule has 0 radical (unpaired) electrons. The Hall–Kier alpha value is -0.720. The van der Waals surface area contributed by atoms with Gasteiger partial charge in [-0.2, -0.15) is 0 Å². The standard InChI is InChI=1S/C8H10O/c1-6-2-5-8(9-6)7-3-4-7/h2,5,7H,3-4H2,1H3. The second kappa shape index (κ2) is 1.63. The van der Waals surface area contributed by atoms with Crippen molar-refractivity contribution in [3.63, 3.8) is 0 Å². The van der Waals surface area contributed by atoms with Crippen LogP contribution in [0.1, 0.15) is 30.3 Å². The lowest BCUT2D eigenvalue weighted by Gasteiger charge is -1.85. The summed E-state index contributed by atoms with van der Waals surface area (Å²) in [5.74, 6) is 2.99. The van der Waals surface area contributed by atoms with Crippen LogP contribution < -0.4 is 0 Å². The third kappa shape index (κ3) is 0.869. The summed E-state index contributed by atoms with van der Waals surface area (Å²) in [6, 6.07) is 4.13. The van der Waals surface area contributed by atoms with Crippen LogP contribution in [0, 0.1) is 6.92 Å². The van der Waals surface area contributed by atoms with Gasteiger partial charge in [0.25, 0.3) is 0 Å². The molecule has 1 aromatic heterocycles. The molecule has 2 rings (SSSR count). The number of rotatable bonds is 1. The Bertz CT molecular complexity index is 208. The molecular weight excluding hydrogens is 112 g/mol. The Kier molecular flexibility index (Phi) is 0.922. The van der Waals surface area contributed by atoms with Crippen molar-refractivity contribution < 1.29 is 4.42 Å². The fourth-order valence-electron chi connectivity index (χ4n) is 1.04. The summed E-state index contributed by atoms with van der Waals surface area (Å²) in [5.41, 5.74) is 0. The zero-order valence-corrected chi connectivity index (χ0v) is 5.55. The number of furan rings is 1. The van der Waals surface area contributed by atoms with Crippen LogP contribution in [-0.2, 0) is 0 Å². The lowest BCUT2D eigenvalue weighted by molar-refractivity contribution is 0.485. The summed E-state index contributed by atoms with van der Waals surface area (Å²) >= 11 is 0. The van der Waals surface area contributed by atoms with E-state index in [-0.39, 0.29) is 0 Å². The van der Waals surface area contributed by atoms with Gasteiger partial charge in [0, 0.05) is 5.92 Å². The zero-order chi connectivity index (χ0) is 6.27. The van der Waals surface area contributed by atoms with Crippen molar-refractivity contribution in [2.45, 2.75) is 25.7 Å². The van der Waals surface area contributed by atoms with Crippen molar-refractivity contribution in [3.05, 3.63) is 23.7 Å². The Morgan fingerprint density at radius 2 is 2.22 bits per heavy atom. The van der Waals surface area contributed by atoms with Gasteiger partial charge < -0.3 is 4.42 Å². The Balaban J connectivity index is 2.28. The van der Waals surface area contributed by atoms with Crippen molar-refractivity contribution in [1.29, 1.82) is 0 Å². The molecule has 1 fully saturated rings. The average molecular weight is 122 g/mol. The number of aryl methyl sites for hydroxylation is 1. The van der Waals surface area contributed by atoms with E-state index in [4.69, 9.17) is 4.42 Å². The molecule has 1 heterocycles. The normalized spacial score (nSPS) is 18.3. The van der Waals surface area contributed by atoms with Crippen molar-refractivity contribution in [3.8, 4) is 0 Å². The van der Waals surface area contributed by atoms with E-state index in [9.17, 15) is 0 Å². The van der Waals surface area contributed by atoms with E-state index in [1.54, 1.807) is 0 Å². The van der Waals surface area contributed by atoms with Gasteiger partial charge in [-0.3, -0.25) is 0 Å². The molecule has 48 valence electrons. The Morgan fingerprint density at radius 1 is 1.44 bits per heavy atom. The van der Waals surface area contributed by atoms with Crippen LogP contribution in [0.4, 0.5) is 0 Å². The first-order chi connectivity index (χ1) is 4.36. The first-order valence-electron chi connectivity index (χ1n) is 3.42. The minimum absolute atomic E-state index is 0.763. The Labute approximate surface area is 54.7 Å². The molecule has 9 heavy (non-hydrogen) atoms. The van der Waals surface area contributed by atoms with E-state index < -0.39 is 0 Å². The topological polar surface area (TPSA) is 13.1 Å². The minimum atomic E-state index is 0.763. The minimum Gasteiger partial charge on any atom is -0.466 e.